The van der Waals surface area contributed by atoms with Crippen LogP contribution in [-0.2, 0) is 20.0 Å². The van der Waals surface area contributed by atoms with Gasteiger partial charge in [-0.1, -0.05) is 12.1 Å². The molecule has 19 heavy (non-hydrogen) atoms. The van der Waals surface area contributed by atoms with Crippen LogP contribution in [0.15, 0.2) is 24.5 Å². The molecule has 2 heterocycles. The van der Waals surface area contributed by atoms with E-state index in [1.807, 2.05) is 41.3 Å². The van der Waals surface area contributed by atoms with Crippen molar-refractivity contribution in [1.29, 1.82) is 0 Å². The molecule has 0 saturated heterocycles. The van der Waals surface area contributed by atoms with Gasteiger partial charge in [0.05, 0.1) is 11.0 Å². The summed E-state index contributed by atoms with van der Waals surface area (Å²) in [7, 11) is 1.94. The first-order chi connectivity index (χ1) is 9.16. The van der Waals surface area contributed by atoms with Gasteiger partial charge in [0, 0.05) is 20.0 Å². The zero-order valence-corrected chi connectivity index (χ0v) is 11.0. The van der Waals surface area contributed by atoms with Gasteiger partial charge in [-0.15, -0.1) is 10.2 Å². The zero-order valence-electron chi connectivity index (χ0n) is 11.0. The lowest BCUT2D eigenvalue weighted by molar-refractivity contribution is 0.668. The van der Waals surface area contributed by atoms with E-state index in [0.29, 0.717) is 5.95 Å². The van der Waals surface area contributed by atoms with E-state index >= 15 is 0 Å². The summed E-state index contributed by atoms with van der Waals surface area (Å²) in [6.45, 7) is 2.79. The fraction of sp³-hybridized carbons (Fsp3) is 0.308. The Morgan fingerprint density at radius 2 is 2.16 bits per heavy atom. The lowest BCUT2D eigenvalue weighted by Gasteiger charge is -2.06. The first-order valence-electron chi connectivity index (χ1n) is 6.21. The molecule has 6 nitrogen and oxygen atoms in total. The Labute approximate surface area is 110 Å². The summed E-state index contributed by atoms with van der Waals surface area (Å²) < 4.78 is 3.94. The van der Waals surface area contributed by atoms with Gasteiger partial charge in [0.1, 0.15) is 12.2 Å². The Hall–Kier alpha value is -2.37. The monoisotopic (exact) mass is 256 g/mol. The molecule has 0 fully saturated rings. The maximum atomic E-state index is 6.01. The number of fused-ring (bicyclic) bond motifs is 1. The third-order valence-electron chi connectivity index (χ3n) is 3.37. The standard InChI is InChI=1S/C13H16N6/c1-9-4-3-5-10-12(9)16-13(14)19(10)7-6-11-17-15-8-18(11)2/h3-5,8H,6-7H2,1-2H3,(H2,14,16). The zero-order chi connectivity index (χ0) is 13.4. The molecule has 3 aromatic rings. The van der Waals surface area contributed by atoms with E-state index in [1.54, 1.807) is 6.33 Å². The fourth-order valence-electron chi connectivity index (χ4n) is 2.29. The Balaban J connectivity index is 1.95. The van der Waals surface area contributed by atoms with E-state index in [-0.39, 0.29) is 0 Å². The van der Waals surface area contributed by atoms with Gasteiger partial charge in [-0.25, -0.2) is 4.98 Å². The molecule has 0 aliphatic rings. The minimum absolute atomic E-state index is 0.548. The summed E-state index contributed by atoms with van der Waals surface area (Å²) in [6.07, 6.45) is 2.48. The normalized spacial score (nSPS) is 11.3. The minimum atomic E-state index is 0.548. The highest BCUT2D eigenvalue weighted by atomic mass is 15.2. The molecule has 0 saturated carbocycles. The molecule has 0 atom stereocenters. The Morgan fingerprint density at radius 3 is 2.89 bits per heavy atom. The molecule has 0 radical (unpaired) electrons. The lowest BCUT2D eigenvalue weighted by Crippen LogP contribution is -2.08. The van der Waals surface area contributed by atoms with Crippen LogP contribution in [0.25, 0.3) is 11.0 Å². The van der Waals surface area contributed by atoms with Crippen LogP contribution in [-0.4, -0.2) is 24.3 Å². The van der Waals surface area contributed by atoms with Crippen LogP contribution in [0.2, 0.25) is 0 Å². The summed E-state index contributed by atoms with van der Waals surface area (Å²) >= 11 is 0. The van der Waals surface area contributed by atoms with Crippen LogP contribution in [0.5, 0.6) is 0 Å². The Kier molecular flexibility index (Phi) is 2.70. The maximum Gasteiger partial charge on any atom is 0.201 e. The fourth-order valence-corrected chi connectivity index (χ4v) is 2.29. The van der Waals surface area contributed by atoms with Crippen molar-refractivity contribution in [3.05, 3.63) is 35.9 Å². The smallest absolute Gasteiger partial charge is 0.201 e. The number of anilines is 1. The van der Waals surface area contributed by atoms with Crippen molar-refractivity contribution in [2.45, 2.75) is 19.9 Å². The molecule has 0 aliphatic carbocycles. The number of hydrogen-bond donors (Lipinski definition) is 1. The van der Waals surface area contributed by atoms with Crippen LogP contribution in [0.3, 0.4) is 0 Å². The molecule has 98 valence electrons. The predicted molar refractivity (Wildman–Crippen MR) is 73.6 cm³/mol. The second-order valence-corrected chi connectivity index (χ2v) is 4.67. The van der Waals surface area contributed by atoms with Crippen LogP contribution in [0.4, 0.5) is 5.95 Å². The SMILES string of the molecule is Cc1cccc2c1nc(N)n2CCc1nncn1C. The maximum absolute atomic E-state index is 6.01. The number of hydrogen-bond acceptors (Lipinski definition) is 4. The van der Waals surface area contributed by atoms with Gasteiger partial charge in [-0.2, -0.15) is 0 Å². The number of aryl methyl sites for hydroxylation is 4. The van der Waals surface area contributed by atoms with Crippen molar-refractivity contribution in [3.8, 4) is 0 Å². The number of nitrogens with zero attached hydrogens (tertiary/aromatic N) is 5. The number of benzene rings is 1. The number of rotatable bonds is 3. The molecule has 6 heteroatoms. The molecule has 1 aromatic carbocycles. The second kappa shape index (κ2) is 4.38. The summed E-state index contributed by atoms with van der Waals surface area (Å²) in [6, 6.07) is 6.11. The third kappa shape index (κ3) is 1.95. The minimum Gasteiger partial charge on any atom is -0.369 e. The topological polar surface area (TPSA) is 74.6 Å². The van der Waals surface area contributed by atoms with Gasteiger partial charge >= 0.3 is 0 Å². The quantitative estimate of drug-likeness (QED) is 0.766. The van der Waals surface area contributed by atoms with E-state index in [0.717, 1.165) is 35.4 Å². The lowest BCUT2D eigenvalue weighted by atomic mass is 10.2. The molecule has 2 aromatic heterocycles. The second-order valence-electron chi connectivity index (χ2n) is 4.67. The van der Waals surface area contributed by atoms with Crippen LogP contribution in [0, 0.1) is 6.92 Å². The Morgan fingerprint density at radius 1 is 1.32 bits per heavy atom. The van der Waals surface area contributed by atoms with Gasteiger partial charge in [0.15, 0.2) is 0 Å². The largest absolute Gasteiger partial charge is 0.369 e. The molecule has 0 spiro atoms. The van der Waals surface area contributed by atoms with Crippen molar-refractivity contribution in [3.63, 3.8) is 0 Å². The van der Waals surface area contributed by atoms with Crippen LogP contribution >= 0.6 is 0 Å². The molecule has 3 rings (SSSR count). The van der Waals surface area contributed by atoms with E-state index in [1.165, 1.54) is 0 Å². The van der Waals surface area contributed by atoms with Crippen molar-refractivity contribution in [2.75, 3.05) is 5.73 Å². The number of nitrogens with two attached hydrogens (primary N) is 1. The van der Waals surface area contributed by atoms with E-state index in [4.69, 9.17) is 5.73 Å². The average Bonchev–Trinajstić information content (AvgIpc) is 2.92. The molecule has 0 amide bonds. The molecule has 2 N–H and O–H groups in total. The van der Waals surface area contributed by atoms with E-state index < -0.39 is 0 Å². The number of aromatic nitrogens is 5. The van der Waals surface area contributed by atoms with Gasteiger partial charge < -0.3 is 14.9 Å². The first-order valence-corrected chi connectivity index (χ1v) is 6.21. The first kappa shape index (κ1) is 11.7. The summed E-state index contributed by atoms with van der Waals surface area (Å²) in [5.74, 6) is 1.49. The predicted octanol–water partition coefficient (Wildman–Crippen LogP) is 1.30. The highest BCUT2D eigenvalue weighted by Crippen LogP contribution is 2.21. The molecule has 0 aliphatic heterocycles. The van der Waals surface area contributed by atoms with Crippen molar-refractivity contribution in [1.82, 2.24) is 24.3 Å². The highest BCUT2D eigenvalue weighted by molar-refractivity contribution is 5.81. The van der Waals surface area contributed by atoms with E-state index in [2.05, 4.69) is 15.2 Å². The Bertz CT molecular complexity index is 724. The number of para-hydroxylation sites is 1. The van der Waals surface area contributed by atoms with Gasteiger partial charge in [0.25, 0.3) is 0 Å². The van der Waals surface area contributed by atoms with Gasteiger partial charge in [0.2, 0.25) is 5.95 Å². The molecular formula is C13H16N6. The summed E-state index contributed by atoms with van der Waals surface area (Å²) in [5, 5.41) is 7.96. The van der Waals surface area contributed by atoms with Crippen LogP contribution in [0.1, 0.15) is 11.4 Å². The summed E-state index contributed by atoms with van der Waals surface area (Å²) in [4.78, 5) is 4.43. The van der Waals surface area contributed by atoms with E-state index in [9.17, 15) is 0 Å². The van der Waals surface area contributed by atoms with Gasteiger partial charge in [-0.3, -0.25) is 0 Å². The third-order valence-corrected chi connectivity index (χ3v) is 3.37. The summed E-state index contributed by atoms with van der Waals surface area (Å²) in [5.41, 5.74) is 9.19. The number of imidazole rings is 1. The number of nitrogen functional groups attached to an aromatic ring is 1. The highest BCUT2D eigenvalue weighted by Gasteiger charge is 2.10. The average molecular weight is 256 g/mol. The molecule has 0 unspecified atom stereocenters. The van der Waals surface area contributed by atoms with Crippen molar-refractivity contribution in [2.24, 2.45) is 7.05 Å². The van der Waals surface area contributed by atoms with Crippen LogP contribution < -0.4 is 5.73 Å². The molecule has 0 bridgehead atoms. The van der Waals surface area contributed by atoms with Crippen molar-refractivity contribution < 1.29 is 0 Å². The van der Waals surface area contributed by atoms with Crippen molar-refractivity contribution >= 4 is 17.0 Å². The van der Waals surface area contributed by atoms with Gasteiger partial charge in [-0.05, 0) is 18.6 Å². The molecular weight excluding hydrogens is 240 g/mol.